The van der Waals surface area contributed by atoms with Gasteiger partial charge in [-0.05, 0) is 25.7 Å². The van der Waals surface area contributed by atoms with Crippen molar-refractivity contribution in [2.75, 3.05) is 59.3 Å². The zero-order valence-corrected chi connectivity index (χ0v) is 18.9. The number of carboxylic acid groups (broad SMARTS) is 1. The Morgan fingerprint density at radius 2 is 1.44 bits per heavy atom. The number of carbonyl (C=O) groups excluding carboxylic acids is 3. The average Bonchev–Trinajstić information content (AvgIpc) is 3.25. The number of carboxylic acids is 1. The number of carbonyl (C=O) groups is 4. The molecular weight excluding hydrogens is 422 g/mol. The number of hydrogen-bond donors (Lipinski definition) is 3. The Kier molecular flexibility index (Phi) is 15.1. The highest BCUT2D eigenvalue weighted by atomic mass is 16.5. The van der Waals surface area contributed by atoms with Crippen LogP contribution in [0.25, 0.3) is 0 Å². The summed E-state index contributed by atoms with van der Waals surface area (Å²) in [6.45, 7) is 5.88. The van der Waals surface area contributed by atoms with Crippen LogP contribution in [0, 0.1) is 0 Å². The van der Waals surface area contributed by atoms with Gasteiger partial charge in [-0.15, -0.1) is 0 Å². The van der Waals surface area contributed by atoms with Crippen LogP contribution in [0.5, 0.6) is 0 Å². The topological polar surface area (TPSA) is 144 Å². The fourth-order valence-electron chi connectivity index (χ4n) is 3.17. The fourth-order valence-corrected chi connectivity index (χ4v) is 3.17. The Morgan fingerprint density at radius 1 is 0.875 bits per heavy atom. The molecule has 0 saturated carbocycles. The zero-order chi connectivity index (χ0) is 23.6. The number of nitrogens with zero attached hydrogens (tertiary/aromatic N) is 1. The van der Waals surface area contributed by atoms with Crippen molar-refractivity contribution in [2.45, 2.75) is 51.5 Å². The van der Waals surface area contributed by atoms with Gasteiger partial charge < -0.3 is 34.9 Å². The minimum Gasteiger partial charge on any atom is -0.481 e. The molecule has 0 bridgehead atoms. The summed E-state index contributed by atoms with van der Waals surface area (Å²) in [5.41, 5.74) is 0. The fraction of sp³-hybridized carbons (Fsp3) is 0.810. The number of nitrogens with one attached hydrogen (secondary N) is 2. The van der Waals surface area contributed by atoms with Crippen LogP contribution in [0.2, 0.25) is 0 Å². The van der Waals surface area contributed by atoms with Gasteiger partial charge in [0.25, 0.3) is 0 Å². The molecule has 0 aromatic carbocycles. The number of likely N-dealkylation sites (tertiary alicyclic amines) is 1. The van der Waals surface area contributed by atoms with Crippen LogP contribution in [0.3, 0.4) is 0 Å². The van der Waals surface area contributed by atoms with E-state index in [0.717, 1.165) is 6.42 Å². The van der Waals surface area contributed by atoms with Crippen LogP contribution in [0.15, 0.2) is 0 Å². The zero-order valence-electron chi connectivity index (χ0n) is 18.9. The summed E-state index contributed by atoms with van der Waals surface area (Å²) >= 11 is 0. The second-order valence-electron chi connectivity index (χ2n) is 7.45. The average molecular weight is 460 g/mol. The summed E-state index contributed by atoms with van der Waals surface area (Å²) < 4.78 is 16.2. The number of hydrogen-bond acceptors (Lipinski definition) is 7. The van der Waals surface area contributed by atoms with E-state index in [1.165, 1.54) is 6.92 Å². The molecule has 0 aromatic heterocycles. The Hall–Kier alpha value is -2.24. The molecular formula is C21H37N3O8. The molecule has 3 amide bonds. The second kappa shape index (κ2) is 17.3. The Bertz CT molecular complexity index is 587. The molecule has 0 aromatic rings. The van der Waals surface area contributed by atoms with Crippen molar-refractivity contribution in [2.24, 2.45) is 0 Å². The summed E-state index contributed by atoms with van der Waals surface area (Å²) in [6, 6.07) is -0.341. The second-order valence-corrected chi connectivity index (χ2v) is 7.45. The molecule has 184 valence electrons. The van der Waals surface area contributed by atoms with E-state index in [2.05, 4.69) is 10.6 Å². The third-order valence-corrected chi connectivity index (χ3v) is 4.82. The van der Waals surface area contributed by atoms with Crippen LogP contribution in [0.1, 0.15) is 45.4 Å². The van der Waals surface area contributed by atoms with Gasteiger partial charge in [0.1, 0.15) is 6.04 Å². The molecule has 11 heteroatoms. The van der Waals surface area contributed by atoms with Gasteiger partial charge in [0.15, 0.2) is 0 Å². The molecule has 0 radical (unpaired) electrons. The van der Waals surface area contributed by atoms with Gasteiger partial charge in [-0.1, -0.05) is 0 Å². The molecule has 1 aliphatic heterocycles. The molecule has 1 aliphatic rings. The number of aliphatic carboxylic acids is 1. The van der Waals surface area contributed by atoms with Crippen molar-refractivity contribution < 1.29 is 38.5 Å². The largest absolute Gasteiger partial charge is 0.481 e. The molecule has 1 rings (SSSR count). The maximum absolute atomic E-state index is 12.1. The van der Waals surface area contributed by atoms with Crippen LogP contribution < -0.4 is 10.6 Å². The summed E-state index contributed by atoms with van der Waals surface area (Å²) in [5, 5.41) is 14.0. The highest BCUT2D eigenvalue weighted by molar-refractivity contribution is 5.87. The quantitative estimate of drug-likeness (QED) is 0.242. The highest BCUT2D eigenvalue weighted by Crippen LogP contribution is 2.17. The molecule has 0 spiro atoms. The van der Waals surface area contributed by atoms with Crippen molar-refractivity contribution in [3.05, 3.63) is 0 Å². The van der Waals surface area contributed by atoms with Gasteiger partial charge in [0.05, 0.1) is 32.8 Å². The van der Waals surface area contributed by atoms with Gasteiger partial charge in [-0.25, -0.2) is 0 Å². The van der Waals surface area contributed by atoms with E-state index in [4.69, 9.17) is 19.3 Å². The predicted molar refractivity (Wildman–Crippen MR) is 115 cm³/mol. The Labute approximate surface area is 189 Å². The normalized spacial score (nSPS) is 15.5. The van der Waals surface area contributed by atoms with E-state index < -0.39 is 5.97 Å². The molecule has 1 atom stereocenters. The molecule has 3 N–H and O–H groups in total. The lowest BCUT2D eigenvalue weighted by Crippen LogP contribution is -2.45. The Balaban J connectivity index is 1.82. The van der Waals surface area contributed by atoms with E-state index in [1.54, 1.807) is 4.90 Å². The minimum absolute atomic E-state index is 0.0128. The molecule has 32 heavy (non-hydrogen) atoms. The lowest BCUT2D eigenvalue weighted by Gasteiger charge is -2.22. The summed E-state index contributed by atoms with van der Waals surface area (Å²) in [5.74, 6) is -1.41. The van der Waals surface area contributed by atoms with Crippen LogP contribution in [-0.4, -0.2) is 99.0 Å². The highest BCUT2D eigenvalue weighted by Gasteiger charge is 2.31. The lowest BCUT2D eigenvalue weighted by atomic mass is 10.2. The first-order chi connectivity index (χ1) is 15.4. The number of ether oxygens (including phenoxy) is 3. The Morgan fingerprint density at radius 3 is 2.00 bits per heavy atom. The molecule has 1 fully saturated rings. The van der Waals surface area contributed by atoms with Crippen molar-refractivity contribution >= 4 is 23.7 Å². The number of rotatable bonds is 18. The van der Waals surface area contributed by atoms with Crippen molar-refractivity contribution in [1.82, 2.24) is 15.5 Å². The van der Waals surface area contributed by atoms with E-state index in [9.17, 15) is 19.2 Å². The van der Waals surface area contributed by atoms with Gasteiger partial charge in [-0.3, -0.25) is 19.2 Å². The van der Waals surface area contributed by atoms with Gasteiger partial charge in [-0.2, -0.15) is 0 Å². The van der Waals surface area contributed by atoms with Crippen LogP contribution in [0.4, 0.5) is 0 Å². The van der Waals surface area contributed by atoms with E-state index in [1.807, 2.05) is 0 Å². The summed E-state index contributed by atoms with van der Waals surface area (Å²) in [7, 11) is 0. The molecule has 1 heterocycles. The predicted octanol–water partition coefficient (Wildman–Crippen LogP) is -0.0755. The first kappa shape index (κ1) is 27.8. The lowest BCUT2D eigenvalue weighted by molar-refractivity contribution is -0.138. The van der Waals surface area contributed by atoms with Crippen molar-refractivity contribution in [3.8, 4) is 0 Å². The summed E-state index contributed by atoms with van der Waals surface area (Å²) in [6.07, 6.45) is 2.73. The van der Waals surface area contributed by atoms with E-state index >= 15 is 0 Å². The third kappa shape index (κ3) is 13.2. The van der Waals surface area contributed by atoms with Gasteiger partial charge in [0, 0.05) is 46.2 Å². The molecule has 0 aliphatic carbocycles. The van der Waals surface area contributed by atoms with Gasteiger partial charge >= 0.3 is 5.97 Å². The van der Waals surface area contributed by atoms with Gasteiger partial charge in [0.2, 0.25) is 17.7 Å². The monoisotopic (exact) mass is 459 g/mol. The van der Waals surface area contributed by atoms with Crippen LogP contribution in [-0.2, 0) is 33.4 Å². The smallest absolute Gasteiger partial charge is 0.303 e. The van der Waals surface area contributed by atoms with Crippen LogP contribution >= 0.6 is 0 Å². The van der Waals surface area contributed by atoms with Crippen molar-refractivity contribution in [3.63, 3.8) is 0 Å². The first-order valence-electron chi connectivity index (χ1n) is 11.2. The SMILES string of the molecule is CC(=O)N1CCCC1C(=O)NCCCOCCOCCOCCCNC(=O)CCC(=O)O. The molecule has 11 nitrogen and oxygen atoms in total. The maximum atomic E-state index is 12.1. The van der Waals surface area contributed by atoms with E-state index in [-0.39, 0.29) is 36.6 Å². The standard InChI is InChI=1S/C21H37N3O8/c1-17(25)24-10-2-5-18(24)21(29)23-9-4-12-31-14-16-32-15-13-30-11-3-8-22-19(26)6-7-20(27)28/h18H,2-16H2,1H3,(H,22,26)(H,23,29)(H,27,28). The summed E-state index contributed by atoms with van der Waals surface area (Å²) in [4.78, 5) is 46.9. The number of amides is 3. The first-order valence-corrected chi connectivity index (χ1v) is 11.2. The third-order valence-electron chi connectivity index (χ3n) is 4.82. The maximum Gasteiger partial charge on any atom is 0.303 e. The molecule has 1 unspecified atom stereocenters. The minimum atomic E-state index is -0.986. The molecule has 1 saturated heterocycles. The van der Waals surface area contributed by atoms with Crippen molar-refractivity contribution in [1.29, 1.82) is 0 Å². The van der Waals surface area contributed by atoms with E-state index in [0.29, 0.717) is 78.5 Å².